The number of unbranched alkanes of at least 4 members (excludes halogenated alkanes) is 49. The first-order chi connectivity index (χ1) is 49.2. The Balaban J connectivity index is 5.24. The van der Waals surface area contributed by atoms with Crippen molar-refractivity contribution in [3.63, 3.8) is 0 Å². The summed E-state index contributed by atoms with van der Waals surface area (Å²) in [6, 6.07) is 0. The van der Waals surface area contributed by atoms with Crippen LogP contribution in [0.1, 0.15) is 434 Å². The number of hydrogen-bond donors (Lipinski definition) is 3. The number of aliphatic hydroxyl groups excluding tert-OH is 1. The maximum atomic E-state index is 13.1. The number of rotatable bonds is 81. The Hall–Kier alpha value is -1.94. The van der Waals surface area contributed by atoms with Crippen molar-refractivity contribution >= 4 is 39.5 Å². The number of hydrogen-bond acceptors (Lipinski definition) is 15. The van der Waals surface area contributed by atoms with Crippen molar-refractivity contribution in [1.82, 2.24) is 0 Å². The molecule has 0 heterocycles. The Kier molecular flexibility index (Phi) is 71.8. The Morgan fingerprint density at radius 2 is 0.451 bits per heavy atom. The van der Waals surface area contributed by atoms with E-state index >= 15 is 0 Å². The highest BCUT2D eigenvalue weighted by atomic mass is 31.2. The lowest BCUT2D eigenvalue weighted by Crippen LogP contribution is -2.30. The molecule has 0 spiro atoms. The molecule has 102 heavy (non-hydrogen) atoms. The molecule has 0 rings (SSSR count). The topological polar surface area (TPSA) is 237 Å². The number of ether oxygens (including phenoxy) is 4. The van der Waals surface area contributed by atoms with Crippen LogP contribution in [0, 0.1) is 17.8 Å². The van der Waals surface area contributed by atoms with Crippen molar-refractivity contribution in [1.29, 1.82) is 0 Å². The molecule has 0 aromatic rings. The summed E-state index contributed by atoms with van der Waals surface area (Å²) in [7, 11) is -9.92. The SMILES string of the molecule is CCCCCCCCCCCCCCC(=O)OC[C@H](COP(=O)(O)OC[C@H](O)COP(=O)(O)OC[C@@H](COC(=O)CCCCCCCCCCCCCCCCCCC(C)C)OC(=O)CCCCCCCCCCCCCCCCCCC(C)C)OC(=O)CCCCCCCCCCCC(C)C. The van der Waals surface area contributed by atoms with Crippen LogP contribution in [0.25, 0.3) is 0 Å². The van der Waals surface area contributed by atoms with Gasteiger partial charge in [-0.25, -0.2) is 9.13 Å². The molecule has 0 saturated carbocycles. The molecule has 3 N–H and O–H groups in total. The third kappa shape index (κ3) is 76.3. The minimum Gasteiger partial charge on any atom is -0.462 e. The maximum absolute atomic E-state index is 13.1. The van der Waals surface area contributed by atoms with Gasteiger partial charge in [-0.05, 0) is 43.4 Å². The van der Waals surface area contributed by atoms with E-state index in [1.165, 1.54) is 244 Å². The first-order valence-electron chi connectivity index (χ1n) is 42.8. The van der Waals surface area contributed by atoms with Gasteiger partial charge in [-0.15, -0.1) is 0 Å². The lowest BCUT2D eigenvalue weighted by atomic mass is 10.0. The van der Waals surface area contributed by atoms with Gasteiger partial charge in [-0.1, -0.05) is 382 Å². The second kappa shape index (κ2) is 73.2. The van der Waals surface area contributed by atoms with Gasteiger partial charge in [0.25, 0.3) is 0 Å². The first kappa shape index (κ1) is 100. The van der Waals surface area contributed by atoms with Crippen molar-refractivity contribution in [2.24, 2.45) is 17.8 Å². The molecule has 17 nitrogen and oxygen atoms in total. The fraction of sp³-hybridized carbons (Fsp3) is 0.952. The molecule has 606 valence electrons. The van der Waals surface area contributed by atoms with Crippen LogP contribution in [0.5, 0.6) is 0 Å². The highest BCUT2D eigenvalue weighted by molar-refractivity contribution is 7.47. The molecule has 0 aromatic carbocycles. The predicted molar refractivity (Wildman–Crippen MR) is 418 cm³/mol. The zero-order chi connectivity index (χ0) is 75.1. The third-order valence-electron chi connectivity index (χ3n) is 19.4. The number of phosphoric ester groups is 2. The molecule has 0 aromatic heterocycles. The summed E-state index contributed by atoms with van der Waals surface area (Å²) in [5.41, 5.74) is 0. The zero-order valence-electron chi connectivity index (χ0n) is 67.1. The summed E-state index contributed by atoms with van der Waals surface area (Å²) in [5, 5.41) is 10.7. The summed E-state index contributed by atoms with van der Waals surface area (Å²) in [4.78, 5) is 73.1. The van der Waals surface area contributed by atoms with E-state index in [2.05, 4.69) is 48.5 Å². The molecule has 19 heteroatoms. The normalized spacial score (nSPS) is 13.9. The van der Waals surface area contributed by atoms with Crippen LogP contribution in [-0.4, -0.2) is 96.7 Å². The molecule has 0 aliphatic rings. The summed E-state index contributed by atoms with van der Waals surface area (Å²) < 4.78 is 68.8. The molecule has 0 bridgehead atoms. The van der Waals surface area contributed by atoms with E-state index in [9.17, 15) is 43.2 Å². The summed E-state index contributed by atoms with van der Waals surface area (Å²) >= 11 is 0. The van der Waals surface area contributed by atoms with Crippen LogP contribution in [0.15, 0.2) is 0 Å². The van der Waals surface area contributed by atoms with Gasteiger partial charge in [0, 0.05) is 25.7 Å². The molecule has 0 saturated heterocycles. The third-order valence-corrected chi connectivity index (χ3v) is 21.3. The van der Waals surface area contributed by atoms with Crippen LogP contribution >= 0.6 is 15.6 Å². The fourth-order valence-electron chi connectivity index (χ4n) is 12.8. The molecule has 0 aliphatic carbocycles. The fourth-order valence-corrected chi connectivity index (χ4v) is 14.4. The molecule has 0 amide bonds. The van der Waals surface area contributed by atoms with Crippen molar-refractivity contribution in [3.05, 3.63) is 0 Å². The lowest BCUT2D eigenvalue weighted by Gasteiger charge is -2.21. The zero-order valence-corrected chi connectivity index (χ0v) is 68.9. The molecular formula is C83H162O17P2. The Morgan fingerprint density at radius 1 is 0.265 bits per heavy atom. The monoisotopic (exact) mass is 1490 g/mol. The second-order valence-corrected chi connectivity index (χ2v) is 34.2. The molecular weight excluding hydrogens is 1330 g/mol. The number of aliphatic hydroxyl groups is 1. The number of carbonyl (C=O) groups is 4. The van der Waals surface area contributed by atoms with Gasteiger partial charge in [0.15, 0.2) is 12.2 Å². The van der Waals surface area contributed by atoms with E-state index in [0.29, 0.717) is 25.7 Å². The van der Waals surface area contributed by atoms with Crippen LogP contribution in [-0.2, 0) is 65.4 Å². The van der Waals surface area contributed by atoms with Gasteiger partial charge in [0.05, 0.1) is 26.4 Å². The minimum atomic E-state index is -4.96. The van der Waals surface area contributed by atoms with E-state index in [1.807, 2.05) is 0 Å². The molecule has 0 fully saturated rings. The van der Waals surface area contributed by atoms with Gasteiger partial charge in [-0.2, -0.15) is 0 Å². The van der Waals surface area contributed by atoms with Crippen molar-refractivity contribution in [2.45, 2.75) is 452 Å². The maximum Gasteiger partial charge on any atom is 0.472 e. The van der Waals surface area contributed by atoms with Crippen LogP contribution in [0.4, 0.5) is 0 Å². The van der Waals surface area contributed by atoms with Gasteiger partial charge < -0.3 is 33.8 Å². The van der Waals surface area contributed by atoms with Gasteiger partial charge in [-0.3, -0.25) is 37.3 Å². The molecule has 5 atom stereocenters. The van der Waals surface area contributed by atoms with Crippen LogP contribution in [0.3, 0.4) is 0 Å². The summed E-state index contributed by atoms with van der Waals surface area (Å²) in [6.45, 7) is 12.0. The Bertz CT molecular complexity index is 1970. The summed E-state index contributed by atoms with van der Waals surface area (Å²) in [6.07, 6.45) is 62.4. The predicted octanol–water partition coefficient (Wildman–Crippen LogP) is 24.9. The van der Waals surface area contributed by atoms with E-state index in [-0.39, 0.29) is 25.7 Å². The van der Waals surface area contributed by atoms with Crippen molar-refractivity contribution < 1.29 is 80.2 Å². The Morgan fingerprint density at radius 3 is 0.667 bits per heavy atom. The molecule has 2 unspecified atom stereocenters. The van der Waals surface area contributed by atoms with Crippen molar-refractivity contribution in [3.8, 4) is 0 Å². The Labute approximate surface area is 626 Å². The highest BCUT2D eigenvalue weighted by Gasteiger charge is 2.30. The smallest absolute Gasteiger partial charge is 0.462 e. The molecule has 0 aliphatic heterocycles. The lowest BCUT2D eigenvalue weighted by molar-refractivity contribution is -0.161. The van der Waals surface area contributed by atoms with Gasteiger partial charge in [0.1, 0.15) is 19.3 Å². The second-order valence-electron chi connectivity index (χ2n) is 31.3. The van der Waals surface area contributed by atoms with Crippen LogP contribution in [0.2, 0.25) is 0 Å². The van der Waals surface area contributed by atoms with Crippen LogP contribution < -0.4 is 0 Å². The van der Waals surface area contributed by atoms with E-state index < -0.39 is 97.5 Å². The van der Waals surface area contributed by atoms with Gasteiger partial charge >= 0.3 is 39.5 Å². The number of carbonyl (C=O) groups excluding carboxylic acids is 4. The summed E-state index contributed by atoms with van der Waals surface area (Å²) in [5.74, 6) is 0.251. The van der Waals surface area contributed by atoms with Gasteiger partial charge in [0.2, 0.25) is 0 Å². The first-order valence-corrected chi connectivity index (χ1v) is 45.8. The van der Waals surface area contributed by atoms with E-state index in [1.54, 1.807) is 0 Å². The average molecular weight is 1490 g/mol. The average Bonchev–Trinajstić information content (AvgIpc) is 0.922. The highest BCUT2D eigenvalue weighted by Crippen LogP contribution is 2.45. The molecule has 0 radical (unpaired) electrons. The number of esters is 4. The standard InChI is InChI=1S/C83H162O17P2/c1-8-9-10-11-12-13-14-29-36-43-50-57-64-80(85)93-71-79(100-83(88)67-60-53-46-39-32-35-42-49-56-63-76(6)7)73-98-102(91,92)96-69-77(84)68-95-101(89,90)97-72-78(99-82(87)66-59-52-45-38-31-26-22-18-16-20-24-28-34-41-48-55-62-75(4)5)70-94-81(86)65-58-51-44-37-30-25-21-17-15-19-23-27-33-40-47-54-61-74(2)3/h74-79,84H,8-73H2,1-7H3,(H,89,90)(H,91,92)/t77-,78-,79-/m1/s1. The van der Waals surface area contributed by atoms with E-state index in [4.69, 9.17) is 37.0 Å². The van der Waals surface area contributed by atoms with Crippen molar-refractivity contribution in [2.75, 3.05) is 39.6 Å². The minimum absolute atomic E-state index is 0.106. The number of phosphoric acid groups is 2. The largest absolute Gasteiger partial charge is 0.472 e. The quantitative estimate of drug-likeness (QED) is 0.0222. The van der Waals surface area contributed by atoms with E-state index in [0.717, 1.165) is 108 Å².